The van der Waals surface area contributed by atoms with Crippen LogP contribution in [0, 0.1) is 6.92 Å². The summed E-state index contributed by atoms with van der Waals surface area (Å²) in [4.78, 5) is 19.3. The molecule has 31 heavy (non-hydrogen) atoms. The fourth-order valence-electron chi connectivity index (χ4n) is 3.90. The first-order valence-electron chi connectivity index (χ1n) is 10.2. The number of benzene rings is 1. The molecule has 1 fully saturated rings. The number of thioether (sulfide) groups is 1. The van der Waals surface area contributed by atoms with Gasteiger partial charge in [-0.3, -0.25) is 4.79 Å². The molecule has 0 saturated carbocycles. The summed E-state index contributed by atoms with van der Waals surface area (Å²) in [6.45, 7) is 3.83. The number of nitrogens with zero attached hydrogens (tertiary/aromatic N) is 4. The lowest BCUT2D eigenvalue weighted by Gasteiger charge is -2.26. The zero-order valence-electron chi connectivity index (χ0n) is 17.1. The van der Waals surface area contributed by atoms with E-state index in [4.69, 9.17) is 13.9 Å². The topological polar surface area (TPSA) is 90.6 Å². The molecule has 1 saturated heterocycles. The van der Waals surface area contributed by atoms with Crippen LogP contribution in [0.4, 0.5) is 0 Å². The molecule has 0 bridgehead atoms. The highest BCUT2D eigenvalue weighted by molar-refractivity contribution is 7.99. The molecule has 4 heterocycles. The highest BCUT2D eigenvalue weighted by Crippen LogP contribution is 2.38. The Bertz CT molecular complexity index is 1080. The van der Waals surface area contributed by atoms with Crippen molar-refractivity contribution in [3.05, 3.63) is 45.7 Å². The lowest BCUT2D eigenvalue weighted by Crippen LogP contribution is -2.32. The average Bonchev–Trinajstić information content (AvgIpc) is 3.53. The van der Waals surface area contributed by atoms with Crippen LogP contribution in [0.1, 0.15) is 41.0 Å². The average molecular weight is 459 g/mol. The first-order chi connectivity index (χ1) is 15.2. The molecule has 1 atom stereocenters. The van der Waals surface area contributed by atoms with Crippen LogP contribution in [-0.2, 0) is 11.2 Å². The Morgan fingerprint density at radius 3 is 2.97 bits per heavy atom. The van der Waals surface area contributed by atoms with Crippen LogP contribution < -0.4 is 9.47 Å². The molecule has 0 aliphatic carbocycles. The molecule has 3 aromatic rings. The third kappa shape index (κ3) is 4.54. The standard InChI is InChI=1S/C21H22N4O4S2/c1-13-22-15(11-30-13)10-19-23-24-21(29-19)31-12-20(26)25-6-2-3-16(25)14-4-5-17-18(9-14)28-8-7-27-17/h4-5,9,11,16H,2-3,6-8,10,12H2,1H3. The van der Waals surface area contributed by atoms with Gasteiger partial charge in [0.1, 0.15) is 13.2 Å². The van der Waals surface area contributed by atoms with Gasteiger partial charge in [0.05, 0.1) is 28.9 Å². The Balaban J connectivity index is 1.20. The fraction of sp³-hybridized carbons (Fsp3) is 0.429. The molecule has 2 aliphatic heterocycles. The Morgan fingerprint density at radius 2 is 2.13 bits per heavy atom. The predicted octanol–water partition coefficient (Wildman–Crippen LogP) is 3.65. The van der Waals surface area contributed by atoms with Crippen LogP contribution in [0.2, 0.25) is 0 Å². The number of hydrogen-bond acceptors (Lipinski definition) is 9. The van der Waals surface area contributed by atoms with Crippen LogP contribution in [0.25, 0.3) is 0 Å². The smallest absolute Gasteiger partial charge is 0.277 e. The van der Waals surface area contributed by atoms with E-state index in [0.717, 1.165) is 47.2 Å². The third-order valence-corrected chi connectivity index (χ3v) is 6.92. The van der Waals surface area contributed by atoms with Gasteiger partial charge in [-0.1, -0.05) is 17.8 Å². The molecule has 2 aromatic heterocycles. The number of thiazole rings is 1. The predicted molar refractivity (Wildman–Crippen MR) is 116 cm³/mol. The van der Waals surface area contributed by atoms with E-state index in [2.05, 4.69) is 15.2 Å². The molecule has 8 nitrogen and oxygen atoms in total. The second-order valence-electron chi connectivity index (χ2n) is 7.43. The summed E-state index contributed by atoms with van der Waals surface area (Å²) in [6.07, 6.45) is 2.42. The van der Waals surface area contributed by atoms with Gasteiger partial charge in [0.15, 0.2) is 11.5 Å². The summed E-state index contributed by atoms with van der Waals surface area (Å²) in [6, 6.07) is 6.02. The quantitative estimate of drug-likeness (QED) is 0.517. The number of aromatic nitrogens is 3. The van der Waals surface area contributed by atoms with Gasteiger partial charge in [0, 0.05) is 11.9 Å². The minimum Gasteiger partial charge on any atom is -0.486 e. The van der Waals surface area contributed by atoms with Crippen molar-refractivity contribution in [1.29, 1.82) is 0 Å². The van der Waals surface area contributed by atoms with Gasteiger partial charge in [0.25, 0.3) is 5.22 Å². The Labute approximate surface area is 188 Å². The third-order valence-electron chi connectivity index (χ3n) is 5.29. The second-order valence-corrected chi connectivity index (χ2v) is 9.42. The van der Waals surface area contributed by atoms with Crippen molar-refractivity contribution in [3.8, 4) is 11.5 Å². The van der Waals surface area contributed by atoms with Gasteiger partial charge in [-0.25, -0.2) is 4.98 Å². The molecule has 1 amide bonds. The number of carbonyl (C=O) groups is 1. The lowest BCUT2D eigenvalue weighted by molar-refractivity contribution is -0.129. The van der Waals surface area contributed by atoms with Crippen molar-refractivity contribution in [2.75, 3.05) is 25.5 Å². The van der Waals surface area contributed by atoms with Gasteiger partial charge in [0.2, 0.25) is 11.8 Å². The van der Waals surface area contributed by atoms with Crippen molar-refractivity contribution in [2.24, 2.45) is 0 Å². The number of hydrogen-bond donors (Lipinski definition) is 0. The monoisotopic (exact) mass is 458 g/mol. The number of ether oxygens (including phenoxy) is 2. The summed E-state index contributed by atoms with van der Waals surface area (Å²) < 4.78 is 17.0. The van der Waals surface area contributed by atoms with E-state index < -0.39 is 0 Å². The van der Waals surface area contributed by atoms with Crippen LogP contribution >= 0.6 is 23.1 Å². The molecule has 5 rings (SSSR count). The van der Waals surface area contributed by atoms with Gasteiger partial charge >= 0.3 is 0 Å². The Kier molecular flexibility index (Phi) is 5.82. The molecule has 2 aliphatic rings. The van der Waals surface area contributed by atoms with Crippen molar-refractivity contribution in [1.82, 2.24) is 20.1 Å². The maximum atomic E-state index is 12.9. The highest BCUT2D eigenvalue weighted by atomic mass is 32.2. The van der Waals surface area contributed by atoms with Crippen molar-refractivity contribution >= 4 is 29.0 Å². The van der Waals surface area contributed by atoms with Gasteiger partial charge < -0.3 is 18.8 Å². The zero-order valence-corrected chi connectivity index (χ0v) is 18.7. The largest absolute Gasteiger partial charge is 0.486 e. The van der Waals surface area contributed by atoms with E-state index >= 15 is 0 Å². The number of fused-ring (bicyclic) bond motifs is 1. The summed E-state index contributed by atoms with van der Waals surface area (Å²) in [5.74, 6) is 2.36. The van der Waals surface area contributed by atoms with Crippen LogP contribution in [0.5, 0.6) is 11.5 Å². The van der Waals surface area contributed by atoms with Crippen molar-refractivity contribution in [3.63, 3.8) is 0 Å². The van der Waals surface area contributed by atoms with Crippen LogP contribution in [0.15, 0.2) is 33.2 Å². The highest BCUT2D eigenvalue weighted by Gasteiger charge is 2.31. The van der Waals surface area contributed by atoms with E-state index in [1.807, 2.05) is 35.4 Å². The van der Waals surface area contributed by atoms with Crippen LogP contribution in [-0.4, -0.2) is 51.5 Å². The second kappa shape index (κ2) is 8.88. The molecule has 0 spiro atoms. The number of carbonyl (C=O) groups excluding carboxylic acids is 1. The Hall–Kier alpha value is -2.59. The first kappa shape index (κ1) is 20.3. The van der Waals surface area contributed by atoms with E-state index in [1.165, 1.54) is 11.8 Å². The fourth-order valence-corrected chi connectivity index (χ4v) is 5.18. The normalized spacial score (nSPS) is 17.8. The summed E-state index contributed by atoms with van der Waals surface area (Å²) in [5.41, 5.74) is 2.00. The van der Waals surface area contributed by atoms with E-state index in [9.17, 15) is 4.79 Å². The molecular weight excluding hydrogens is 436 g/mol. The first-order valence-corrected chi connectivity index (χ1v) is 12.1. The Morgan fingerprint density at radius 1 is 1.26 bits per heavy atom. The minimum atomic E-state index is 0.0510. The molecule has 0 radical (unpaired) electrons. The van der Waals surface area contributed by atoms with Gasteiger partial charge in [-0.15, -0.1) is 21.5 Å². The van der Waals surface area contributed by atoms with E-state index in [1.54, 1.807) is 11.3 Å². The number of rotatable bonds is 6. The number of aryl methyl sites for hydroxylation is 1. The van der Waals surface area contributed by atoms with E-state index in [0.29, 0.717) is 30.7 Å². The number of amides is 1. The molecule has 10 heteroatoms. The number of likely N-dealkylation sites (tertiary alicyclic amines) is 1. The molecule has 0 N–H and O–H groups in total. The van der Waals surface area contributed by atoms with E-state index in [-0.39, 0.29) is 17.7 Å². The maximum Gasteiger partial charge on any atom is 0.277 e. The minimum absolute atomic E-state index is 0.0510. The van der Waals surface area contributed by atoms with Crippen molar-refractivity contribution < 1.29 is 18.7 Å². The summed E-state index contributed by atoms with van der Waals surface area (Å²) in [5, 5.41) is 11.5. The molecule has 162 valence electrons. The molecule has 1 unspecified atom stereocenters. The van der Waals surface area contributed by atoms with Gasteiger partial charge in [-0.2, -0.15) is 0 Å². The maximum absolute atomic E-state index is 12.9. The lowest BCUT2D eigenvalue weighted by atomic mass is 10.0. The van der Waals surface area contributed by atoms with Crippen molar-refractivity contribution in [2.45, 2.75) is 37.5 Å². The molecule has 1 aromatic carbocycles. The van der Waals surface area contributed by atoms with Gasteiger partial charge in [-0.05, 0) is 37.5 Å². The summed E-state index contributed by atoms with van der Waals surface area (Å²) >= 11 is 2.87. The summed E-state index contributed by atoms with van der Waals surface area (Å²) in [7, 11) is 0. The zero-order chi connectivity index (χ0) is 21.2. The molecular formula is C21H22N4O4S2. The SMILES string of the molecule is Cc1nc(Cc2nnc(SCC(=O)N3CCCC3c3ccc4c(c3)OCCO4)o2)cs1. The van der Waals surface area contributed by atoms with Crippen LogP contribution in [0.3, 0.4) is 0 Å².